The zero-order valence-electron chi connectivity index (χ0n) is 17.1. The third kappa shape index (κ3) is 4.43. The van der Waals surface area contributed by atoms with Gasteiger partial charge in [-0.25, -0.2) is 0 Å². The minimum absolute atomic E-state index is 0.112. The number of nitrogens with zero attached hydrogens (tertiary/aromatic N) is 1. The van der Waals surface area contributed by atoms with E-state index in [4.69, 9.17) is 5.73 Å². The lowest BCUT2D eigenvalue weighted by molar-refractivity contribution is 0.0959. The molecule has 1 amide bonds. The number of anilines is 2. The van der Waals surface area contributed by atoms with Crippen molar-refractivity contribution >= 4 is 38.7 Å². The third-order valence-electron chi connectivity index (χ3n) is 5.57. The number of thiophene rings is 1. The largest absolute Gasteiger partial charge is 0.397 e. The molecule has 0 spiro atoms. The SMILES string of the molecule is Cc1ccc2c(N)c(C(=O)NCCc3ccc(N4CCN[C@@H](CO)C4)cc3)sc2c1. The topological polar surface area (TPSA) is 90.6 Å². The van der Waals surface area contributed by atoms with Crippen LogP contribution in [0.4, 0.5) is 11.4 Å². The predicted octanol–water partition coefficient (Wildman–Crippen LogP) is 2.53. The van der Waals surface area contributed by atoms with Gasteiger partial charge in [-0.3, -0.25) is 4.79 Å². The van der Waals surface area contributed by atoms with Gasteiger partial charge >= 0.3 is 0 Å². The second kappa shape index (κ2) is 9.04. The highest BCUT2D eigenvalue weighted by Gasteiger charge is 2.19. The number of aliphatic hydroxyl groups excluding tert-OH is 1. The third-order valence-corrected chi connectivity index (χ3v) is 6.73. The highest BCUT2D eigenvalue weighted by atomic mass is 32.1. The number of carbonyl (C=O) groups is 1. The molecule has 6 nitrogen and oxygen atoms in total. The summed E-state index contributed by atoms with van der Waals surface area (Å²) in [6, 6.07) is 14.6. The van der Waals surface area contributed by atoms with E-state index in [-0.39, 0.29) is 18.6 Å². The van der Waals surface area contributed by atoms with Crippen LogP contribution in [0.15, 0.2) is 42.5 Å². The lowest BCUT2D eigenvalue weighted by atomic mass is 10.1. The molecule has 1 aromatic heterocycles. The van der Waals surface area contributed by atoms with Crippen molar-refractivity contribution in [3.63, 3.8) is 0 Å². The van der Waals surface area contributed by atoms with Gasteiger partial charge in [-0.05, 0) is 42.7 Å². The number of benzene rings is 2. The van der Waals surface area contributed by atoms with Crippen LogP contribution in [0, 0.1) is 6.92 Å². The monoisotopic (exact) mass is 424 g/mol. The Morgan fingerprint density at radius 3 is 2.87 bits per heavy atom. The van der Waals surface area contributed by atoms with Crippen molar-refractivity contribution in [2.24, 2.45) is 0 Å². The molecular formula is C23H28N4O2S. The van der Waals surface area contributed by atoms with Gasteiger partial charge < -0.3 is 26.4 Å². The molecule has 5 N–H and O–H groups in total. The van der Waals surface area contributed by atoms with Gasteiger partial charge in [0, 0.05) is 48.0 Å². The number of hydrogen-bond donors (Lipinski definition) is 4. The minimum atomic E-state index is -0.112. The van der Waals surface area contributed by atoms with E-state index in [2.05, 4.69) is 45.9 Å². The molecule has 30 heavy (non-hydrogen) atoms. The van der Waals surface area contributed by atoms with Crippen molar-refractivity contribution in [1.29, 1.82) is 0 Å². The van der Waals surface area contributed by atoms with E-state index in [1.54, 1.807) is 0 Å². The van der Waals surface area contributed by atoms with E-state index >= 15 is 0 Å². The number of hydrogen-bond acceptors (Lipinski definition) is 6. The Balaban J connectivity index is 1.33. The molecule has 2 heterocycles. The zero-order chi connectivity index (χ0) is 21.1. The van der Waals surface area contributed by atoms with Crippen LogP contribution in [-0.2, 0) is 6.42 Å². The Morgan fingerprint density at radius 2 is 2.10 bits per heavy atom. The van der Waals surface area contributed by atoms with Crippen LogP contribution in [-0.4, -0.2) is 49.8 Å². The second-order valence-electron chi connectivity index (χ2n) is 7.80. The lowest BCUT2D eigenvalue weighted by Crippen LogP contribution is -2.52. The standard InChI is InChI=1S/C23H28N4O2S/c1-15-2-7-19-20(12-15)30-22(21(19)24)23(29)26-9-8-16-3-5-18(6-4-16)27-11-10-25-17(13-27)14-28/h2-7,12,17,25,28H,8-11,13-14,24H2,1H3,(H,26,29)/t17-/m1/s1. The molecule has 1 saturated heterocycles. The van der Waals surface area contributed by atoms with Gasteiger partial charge in [0.15, 0.2) is 0 Å². The molecule has 1 aliphatic heterocycles. The van der Waals surface area contributed by atoms with Crippen LogP contribution < -0.4 is 21.3 Å². The van der Waals surface area contributed by atoms with Crippen LogP contribution in [0.2, 0.25) is 0 Å². The fraction of sp³-hybridized carbons (Fsp3) is 0.348. The number of nitrogens with one attached hydrogen (secondary N) is 2. The summed E-state index contributed by atoms with van der Waals surface area (Å²) in [5.41, 5.74) is 10.3. The molecule has 3 aromatic rings. The lowest BCUT2D eigenvalue weighted by Gasteiger charge is -2.34. The summed E-state index contributed by atoms with van der Waals surface area (Å²) in [4.78, 5) is 15.5. The number of aryl methyl sites for hydroxylation is 1. The summed E-state index contributed by atoms with van der Waals surface area (Å²) in [5.74, 6) is -0.112. The maximum absolute atomic E-state index is 12.6. The molecule has 0 aliphatic carbocycles. The number of carbonyl (C=O) groups excluding carboxylic acids is 1. The second-order valence-corrected chi connectivity index (χ2v) is 8.85. The molecule has 1 fully saturated rings. The van der Waals surface area contributed by atoms with Gasteiger partial charge in [-0.2, -0.15) is 0 Å². The summed E-state index contributed by atoms with van der Waals surface area (Å²) in [6.07, 6.45) is 0.761. The number of amides is 1. The maximum Gasteiger partial charge on any atom is 0.263 e. The molecular weight excluding hydrogens is 396 g/mol. The molecule has 2 aromatic carbocycles. The maximum atomic E-state index is 12.6. The Hall–Kier alpha value is -2.61. The summed E-state index contributed by atoms with van der Waals surface area (Å²) >= 11 is 1.45. The number of fused-ring (bicyclic) bond motifs is 1. The number of aliphatic hydroxyl groups is 1. The smallest absolute Gasteiger partial charge is 0.263 e. The van der Waals surface area contributed by atoms with Crippen LogP contribution in [0.5, 0.6) is 0 Å². The van der Waals surface area contributed by atoms with Crippen molar-refractivity contribution in [1.82, 2.24) is 10.6 Å². The Kier molecular flexibility index (Phi) is 6.22. The highest BCUT2D eigenvalue weighted by molar-refractivity contribution is 7.21. The van der Waals surface area contributed by atoms with E-state index in [1.807, 2.05) is 19.1 Å². The van der Waals surface area contributed by atoms with Crippen molar-refractivity contribution in [3.8, 4) is 0 Å². The highest BCUT2D eigenvalue weighted by Crippen LogP contribution is 2.34. The van der Waals surface area contributed by atoms with Gasteiger partial charge in [0.2, 0.25) is 0 Å². The Bertz CT molecular complexity index is 1030. The molecule has 7 heteroatoms. The molecule has 158 valence electrons. The first kappa shape index (κ1) is 20.7. The van der Waals surface area contributed by atoms with E-state index in [0.717, 1.165) is 47.4 Å². The summed E-state index contributed by atoms with van der Waals surface area (Å²) in [7, 11) is 0. The molecule has 4 rings (SSSR count). The van der Waals surface area contributed by atoms with Crippen molar-refractivity contribution in [3.05, 3.63) is 58.5 Å². The molecule has 1 aliphatic rings. The summed E-state index contributed by atoms with van der Waals surface area (Å²) in [5, 5.41) is 16.6. The average molecular weight is 425 g/mol. The van der Waals surface area contributed by atoms with E-state index < -0.39 is 0 Å². The fourth-order valence-electron chi connectivity index (χ4n) is 3.85. The van der Waals surface area contributed by atoms with Gasteiger partial charge in [0.25, 0.3) is 5.91 Å². The number of nitrogens with two attached hydrogens (primary N) is 1. The van der Waals surface area contributed by atoms with Crippen LogP contribution >= 0.6 is 11.3 Å². The van der Waals surface area contributed by atoms with Gasteiger partial charge in [-0.1, -0.05) is 24.3 Å². The van der Waals surface area contributed by atoms with E-state index in [1.165, 1.54) is 16.9 Å². The molecule has 0 radical (unpaired) electrons. The minimum Gasteiger partial charge on any atom is -0.397 e. The number of piperazine rings is 1. The molecule has 0 bridgehead atoms. The predicted molar refractivity (Wildman–Crippen MR) is 125 cm³/mol. The first-order chi connectivity index (χ1) is 14.5. The summed E-state index contributed by atoms with van der Waals surface area (Å²) < 4.78 is 1.05. The van der Waals surface area contributed by atoms with E-state index in [9.17, 15) is 9.90 Å². The Morgan fingerprint density at radius 1 is 1.30 bits per heavy atom. The average Bonchev–Trinajstić information content (AvgIpc) is 3.10. The van der Waals surface area contributed by atoms with Crippen LogP contribution in [0.25, 0.3) is 10.1 Å². The van der Waals surface area contributed by atoms with Crippen LogP contribution in [0.3, 0.4) is 0 Å². The van der Waals surface area contributed by atoms with Gasteiger partial charge in [0.05, 0.1) is 12.3 Å². The van der Waals surface area contributed by atoms with Gasteiger partial charge in [-0.15, -0.1) is 11.3 Å². The number of nitrogen functional groups attached to an aromatic ring is 1. The normalized spacial score (nSPS) is 16.7. The zero-order valence-corrected chi connectivity index (χ0v) is 18.0. The fourth-order valence-corrected chi connectivity index (χ4v) is 4.99. The summed E-state index contributed by atoms with van der Waals surface area (Å²) in [6.45, 7) is 5.36. The van der Waals surface area contributed by atoms with E-state index in [0.29, 0.717) is 17.1 Å². The van der Waals surface area contributed by atoms with Crippen molar-refractivity contribution in [2.75, 3.05) is 43.4 Å². The Labute approximate surface area is 180 Å². The molecule has 1 atom stereocenters. The number of rotatable bonds is 6. The first-order valence-electron chi connectivity index (χ1n) is 10.3. The molecule has 0 unspecified atom stereocenters. The molecule has 0 saturated carbocycles. The van der Waals surface area contributed by atoms with Crippen LogP contribution in [0.1, 0.15) is 20.8 Å². The van der Waals surface area contributed by atoms with Crippen molar-refractivity contribution < 1.29 is 9.90 Å². The first-order valence-corrected chi connectivity index (χ1v) is 11.1. The van der Waals surface area contributed by atoms with Gasteiger partial charge in [0.1, 0.15) is 4.88 Å². The van der Waals surface area contributed by atoms with Crippen molar-refractivity contribution in [2.45, 2.75) is 19.4 Å². The quantitative estimate of drug-likeness (QED) is 0.488.